The van der Waals surface area contributed by atoms with Crippen LogP contribution in [0, 0.1) is 0 Å². The first-order chi connectivity index (χ1) is 14.1. The van der Waals surface area contributed by atoms with Crippen LogP contribution >= 0.6 is 55.0 Å². The van der Waals surface area contributed by atoms with E-state index in [1.165, 1.54) is 12.7 Å². The van der Waals surface area contributed by atoms with E-state index in [2.05, 4.69) is 51.1 Å². The number of aromatic nitrogens is 4. The molecular formula is C12H15Br2N5O9P3-. The summed E-state index contributed by atoms with van der Waals surface area (Å²) in [5.41, 5.74) is 6.65. The van der Waals surface area contributed by atoms with Gasteiger partial charge in [0.05, 0.1) is 26.4 Å². The molecule has 0 aliphatic heterocycles. The van der Waals surface area contributed by atoms with Crippen molar-refractivity contribution >= 4 is 72.0 Å². The molecule has 19 heteroatoms. The normalized spacial score (nSPS) is 23.7. The Balaban J connectivity index is 1.63. The third kappa shape index (κ3) is 5.26. The van der Waals surface area contributed by atoms with Gasteiger partial charge in [0.25, 0.3) is 0 Å². The Morgan fingerprint density at radius 2 is 1.97 bits per heavy atom. The molecule has 5 N–H and O–H groups in total. The van der Waals surface area contributed by atoms with Gasteiger partial charge >= 0.3 is 17.9 Å². The molecular weight excluding hydrogens is 611 g/mol. The van der Waals surface area contributed by atoms with Crippen LogP contribution in [0.5, 0.6) is 0 Å². The maximum Gasteiger partial charge on any atom is 0.402 e. The number of nitrogen functional groups attached to an aromatic ring is 1. The van der Waals surface area contributed by atoms with Crippen molar-refractivity contribution in [3.8, 4) is 0 Å². The molecule has 1 aliphatic carbocycles. The third-order valence-electron chi connectivity index (χ3n) is 4.14. The highest BCUT2D eigenvalue weighted by Crippen LogP contribution is 2.81. The summed E-state index contributed by atoms with van der Waals surface area (Å²) in [5.74, 6) is 0.213. The maximum atomic E-state index is 12.2. The predicted molar refractivity (Wildman–Crippen MR) is 113 cm³/mol. The number of nitrogens with zero attached hydrogens (tertiary/aromatic N) is 4. The van der Waals surface area contributed by atoms with Crippen LogP contribution in [0.2, 0.25) is 0 Å². The molecule has 2 aromatic heterocycles. The fraction of sp³-hybridized carbons (Fsp3) is 0.417. The van der Waals surface area contributed by atoms with E-state index in [0.29, 0.717) is 17.6 Å². The summed E-state index contributed by atoms with van der Waals surface area (Å²) in [5, 5.41) is 0. The van der Waals surface area contributed by atoms with Crippen molar-refractivity contribution in [2.24, 2.45) is 0 Å². The molecule has 0 spiro atoms. The lowest BCUT2D eigenvalue weighted by Crippen LogP contribution is -2.35. The summed E-state index contributed by atoms with van der Waals surface area (Å²) in [4.78, 5) is 63.3. The van der Waals surface area contributed by atoms with Crippen molar-refractivity contribution in [2.75, 3.05) is 12.1 Å². The second-order valence-corrected chi connectivity index (χ2v) is 18.2. The van der Waals surface area contributed by atoms with E-state index in [0.717, 1.165) is 0 Å². The molecule has 0 amide bonds. The van der Waals surface area contributed by atoms with Crippen molar-refractivity contribution < 1.29 is 42.6 Å². The van der Waals surface area contributed by atoms with Crippen LogP contribution in [0.25, 0.3) is 11.2 Å². The molecule has 0 bridgehead atoms. The molecule has 1 aliphatic rings. The van der Waals surface area contributed by atoms with E-state index >= 15 is 0 Å². The SMILES string of the molecule is Nc1ncnc2c1ncn2[C@@H]1C=C[C@H](OCP(=O)(O)OP(=O)(O)C(Br)(Br)[P+]([O-])([O-])O)C1. The second kappa shape index (κ2) is 8.79. The van der Waals surface area contributed by atoms with E-state index in [-0.39, 0.29) is 11.9 Å². The van der Waals surface area contributed by atoms with Gasteiger partial charge in [-0.2, -0.15) is 0 Å². The molecule has 0 aromatic carbocycles. The van der Waals surface area contributed by atoms with Crippen molar-refractivity contribution in [2.45, 2.75) is 21.3 Å². The third-order valence-corrected chi connectivity index (χ3v) is 14.8. The van der Waals surface area contributed by atoms with E-state index in [4.69, 9.17) is 15.4 Å². The Bertz CT molecular complexity index is 1110. The zero-order chi connectivity index (χ0) is 23.2. The van der Waals surface area contributed by atoms with Crippen LogP contribution in [0.4, 0.5) is 5.82 Å². The van der Waals surface area contributed by atoms with Gasteiger partial charge in [-0.25, -0.2) is 19.3 Å². The van der Waals surface area contributed by atoms with E-state index in [1.807, 2.05) is 0 Å². The number of fused-ring (bicyclic) bond motifs is 1. The number of allylic oxidation sites excluding steroid dienone is 1. The van der Waals surface area contributed by atoms with Crippen LogP contribution in [-0.4, -0.2) is 49.4 Å². The van der Waals surface area contributed by atoms with Gasteiger partial charge < -0.3 is 34.6 Å². The minimum Gasteiger partial charge on any atom is -0.657 e. The average molecular weight is 626 g/mol. The highest BCUT2D eigenvalue weighted by Gasteiger charge is 2.59. The molecule has 2 unspecified atom stereocenters. The number of nitrogens with two attached hydrogens (primary N) is 1. The number of alkyl halides is 2. The molecule has 0 radical (unpaired) electrons. The fourth-order valence-corrected chi connectivity index (χ4v) is 7.80. The summed E-state index contributed by atoms with van der Waals surface area (Å²) >= 11 is 4.58. The monoisotopic (exact) mass is 624 g/mol. The molecule has 0 fully saturated rings. The highest BCUT2D eigenvalue weighted by atomic mass is 79.9. The van der Waals surface area contributed by atoms with Crippen LogP contribution < -0.4 is 15.5 Å². The first-order valence-electron chi connectivity index (χ1n) is 8.15. The number of imidazole rings is 1. The van der Waals surface area contributed by atoms with E-state index in [9.17, 15) is 28.7 Å². The predicted octanol–water partition coefficient (Wildman–Crippen LogP) is 0.516. The first-order valence-corrected chi connectivity index (χ1v) is 14.7. The van der Waals surface area contributed by atoms with Gasteiger partial charge in [0.1, 0.15) is 18.2 Å². The first kappa shape index (κ1) is 25.3. The fourth-order valence-electron chi connectivity index (χ4n) is 2.69. The largest absolute Gasteiger partial charge is 0.657 e. The van der Waals surface area contributed by atoms with Gasteiger partial charge in [-0.3, -0.25) is 14.0 Å². The minimum absolute atomic E-state index is 0.213. The number of halogens is 2. The molecule has 172 valence electrons. The quantitative estimate of drug-likeness (QED) is 0.178. The van der Waals surface area contributed by atoms with Crippen molar-refractivity contribution in [3.63, 3.8) is 0 Å². The van der Waals surface area contributed by atoms with Gasteiger partial charge in [0.15, 0.2) is 11.5 Å². The molecule has 3 rings (SSSR count). The Morgan fingerprint density at radius 1 is 1.29 bits per heavy atom. The standard InChI is InChI=1S/C12H16Br2N5O9P3/c13-12(14,30(22,23)24)31(25,26)28-29(20,21)6-27-8-2-1-7(3-8)19-5-18-9-10(15)16-4-17-11(9)19/h1-2,4-5,7-8H,3,6H2,(H,20,21)(H,25,26)(H2,15,16,17)(H2,22,23,24)/p-1/t7-,8+/m1/s1. The summed E-state index contributed by atoms with van der Waals surface area (Å²) in [6.45, 7) is 0. The Labute approximate surface area is 192 Å². The van der Waals surface area contributed by atoms with Crippen molar-refractivity contribution in [3.05, 3.63) is 24.8 Å². The number of anilines is 1. The second-order valence-electron chi connectivity index (χ2n) is 6.37. The van der Waals surface area contributed by atoms with Gasteiger partial charge in [0.2, 0.25) is 0 Å². The van der Waals surface area contributed by atoms with Crippen LogP contribution in [0.15, 0.2) is 24.8 Å². The summed E-state index contributed by atoms with van der Waals surface area (Å²) in [6.07, 6.45) is 4.74. The van der Waals surface area contributed by atoms with Crippen molar-refractivity contribution in [1.82, 2.24) is 19.5 Å². The van der Waals surface area contributed by atoms with E-state index < -0.39 is 38.3 Å². The number of ether oxygens (including phenoxy) is 1. The lowest BCUT2D eigenvalue weighted by molar-refractivity contribution is -0.331. The smallest absolute Gasteiger partial charge is 0.402 e. The average Bonchev–Trinajstić information content (AvgIpc) is 3.25. The zero-order valence-corrected chi connectivity index (χ0v) is 21.0. The molecule has 14 nitrogen and oxygen atoms in total. The Hall–Kier alpha value is -0.340. The molecule has 0 saturated heterocycles. The zero-order valence-electron chi connectivity index (χ0n) is 15.1. The Kier molecular flexibility index (Phi) is 7.17. The van der Waals surface area contributed by atoms with Crippen molar-refractivity contribution in [1.29, 1.82) is 0 Å². The summed E-state index contributed by atoms with van der Waals surface area (Å²) in [7, 11) is -15.9. The van der Waals surface area contributed by atoms with Gasteiger partial charge in [-0.05, 0) is 31.9 Å². The van der Waals surface area contributed by atoms with Gasteiger partial charge in [0, 0.05) is 6.42 Å². The molecule has 2 aromatic rings. The topological polar surface area (TPSA) is 229 Å². The lowest BCUT2D eigenvalue weighted by atomic mass is 10.2. The highest BCUT2D eigenvalue weighted by molar-refractivity contribution is 9.29. The van der Waals surface area contributed by atoms with Crippen LogP contribution in [0.1, 0.15) is 12.5 Å². The molecule has 4 atom stereocenters. The van der Waals surface area contributed by atoms with Gasteiger partial charge in [-0.1, -0.05) is 12.2 Å². The summed E-state index contributed by atoms with van der Waals surface area (Å²) in [6, 6.07) is -0.272. The molecule has 2 heterocycles. The maximum absolute atomic E-state index is 12.2. The number of hydrogen-bond acceptors (Lipinski definition) is 11. The number of rotatable bonds is 8. The summed E-state index contributed by atoms with van der Waals surface area (Å²) < 4.78 is 32.5. The van der Waals surface area contributed by atoms with Gasteiger partial charge in [-0.15, -0.1) is 0 Å². The Morgan fingerprint density at radius 3 is 2.61 bits per heavy atom. The van der Waals surface area contributed by atoms with Crippen LogP contribution in [-0.2, 0) is 18.2 Å². The minimum atomic E-state index is -5.54. The number of hydrogen-bond donors (Lipinski definition) is 4. The lowest BCUT2D eigenvalue weighted by Gasteiger charge is -2.39. The van der Waals surface area contributed by atoms with E-state index in [1.54, 1.807) is 16.7 Å². The molecule has 0 saturated carbocycles. The molecule has 31 heavy (non-hydrogen) atoms. The van der Waals surface area contributed by atoms with Crippen LogP contribution in [0.3, 0.4) is 0 Å².